The molecule has 5 aromatic carbocycles. The summed E-state index contributed by atoms with van der Waals surface area (Å²) in [6.45, 7) is 7.25. The highest BCUT2D eigenvalue weighted by atomic mass is 35.5. The molecule has 53 heavy (non-hydrogen) atoms. The molecule has 0 saturated carbocycles. The normalized spacial score (nSPS) is 12.6. The lowest BCUT2D eigenvalue weighted by molar-refractivity contribution is 0.171. The van der Waals surface area contributed by atoms with E-state index in [0.717, 1.165) is 63.5 Å². The Morgan fingerprint density at radius 3 is 2.49 bits per heavy atom. The number of ether oxygens (including phenoxy) is 4. The molecule has 0 fully saturated rings. The fourth-order valence-electron chi connectivity index (χ4n) is 6.43. The van der Waals surface area contributed by atoms with Gasteiger partial charge < -0.3 is 28.8 Å². The van der Waals surface area contributed by atoms with Crippen molar-refractivity contribution in [2.45, 2.75) is 52.6 Å². The summed E-state index contributed by atoms with van der Waals surface area (Å²) in [6, 6.07) is 36.1. The summed E-state index contributed by atoms with van der Waals surface area (Å²) >= 11 is 6.89. The molecule has 2 heterocycles. The molecule has 7 rings (SSSR count). The van der Waals surface area contributed by atoms with E-state index in [-0.39, 0.29) is 12.6 Å². The van der Waals surface area contributed by atoms with Gasteiger partial charge in [-0.15, -0.1) is 0 Å². The van der Waals surface area contributed by atoms with E-state index in [1.807, 2.05) is 60.9 Å². The molecule has 0 saturated heterocycles. The number of hydrogen-bond acceptors (Lipinski definition) is 7. The van der Waals surface area contributed by atoms with Gasteiger partial charge in [-0.2, -0.15) is 5.26 Å². The minimum atomic E-state index is 0.134. The summed E-state index contributed by atoms with van der Waals surface area (Å²) in [6.07, 6.45) is 4.75. The predicted molar refractivity (Wildman–Crippen MR) is 207 cm³/mol. The van der Waals surface area contributed by atoms with Gasteiger partial charge in [-0.1, -0.05) is 78.3 Å². The Bertz CT molecular complexity index is 2230. The molecule has 0 amide bonds. The van der Waals surface area contributed by atoms with E-state index in [1.165, 1.54) is 5.56 Å². The monoisotopic (exact) mass is 724 g/mol. The van der Waals surface area contributed by atoms with Gasteiger partial charge in [-0.3, -0.25) is 0 Å². The van der Waals surface area contributed by atoms with Crippen molar-refractivity contribution < 1.29 is 18.9 Å². The molecule has 1 N–H and O–H groups in total. The lowest BCUT2D eigenvalue weighted by Gasteiger charge is -2.20. The Morgan fingerprint density at radius 1 is 0.849 bits per heavy atom. The number of nitrogens with zero attached hydrogens (tertiary/aromatic N) is 3. The Kier molecular flexibility index (Phi) is 11.2. The first kappa shape index (κ1) is 35.6. The molecule has 268 valence electrons. The number of benzene rings is 5. The molecule has 1 atom stereocenters. The van der Waals surface area contributed by atoms with Gasteiger partial charge in [-0.05, 0) is 77.6 Å². The molecule has 9 heteroatoms. The summed E-state index contributed by atoms with van der Waals surface area (Å²) in [5.41, 5.74) is 8.92. The van der Waals surface area contributed by atoms with Crippen LogP contribution in [0.25, 0.3) is 11.1 Å². The lowest BCUT2D eigenvalue weighted by Crippen LogP contribution is -2.28. The second-order valence-electron chi connectivity index (χ2n) is 13.2. The van der Waals surface area contributed by atoms with E-state index in [9.17, 15) is 5.26 Å². The number of rotatable bonds is 14. The Labute approximate surface area is 315 Å². The number of halogens is 1. The Balaban J connectivity index is 1.06. The molecule has 1 aromatic heterocycles. The van der Waals surface area contributed by atoms with Crippen molar-refractivity contribution in [3.05, 3.63) is 160 Å². The highest BCUT2D eigenvalue weighted by molar-refractivity contribution is 6.32. The highest BCUT2D eigenvalue weighted by Crippen LogP contribution is 2.37. The minimum Gasteiger partial charge on any atom is -0.488 e. The number of nitrogens with one attached hydrogen (secondary N) is 1. The summed E-state index contributed by atoms with van der Waals surface area (Å²) in [5.74, 6) is 2.70. The van der Waals surface area contributed by atoms with Gasteiger partial charge in [0.1, 0.15) is 37.9 Å². The third kappa shape index (κ3) is 9.01. The van der Waals surface area contributed by atoms with Gasteiger partial charge in [0.15, 0.2) is 11.5 Å². The maximum absolute atomic E-state index is 9.41. The van der Waals surface area contributed by atoms with E-state index in [1.54, 1.807) is 6.07 Å². The van der Waals surface area contributed by atoms with Gasteiger partial charge in [0, 0.05) is 43.4 Å². The van der Waals surface area contributed by atoms with Crippen molar-refractivity contribution >= 4 is 11.6 Å². The third-order valence-electron chi connectivity index (χ3n) is 9.30. The number of hydrogen-bond donors (Lipinski definition) is 1. The topological polar surface area (TPSA) is 90.6 Å². The summed E-state index contributed by atoms with van der Waals surface area (Å²) in [5, 5.41) is 13.5. The molecule has 1 aliphatic heterocycles. The van der Waals surface area contributed by atoms with Crippen LogP contribution in [0.1, 0.15) is 46.0 Å². The molecule has 0 spiro atoms. The van der Waals surface area contributed by atoms with Gasteiger partial charge in [0.05, 0.1) is 28.7 Å². The van der Waals surface area contributed by atoms with Crippen LogP contribution in [0.2, 0.25) is 5.02 Å². The van der Waals surface area contributed by atoms with Crippen LogP contribution in [0, 0.1) is 18.3 Å². The molecule has 0 radical (unpaired) electrons. The maximum Gasteiger partial charge on any atom is 0.161 e. The van der Waals surface area contributed by atoms with Crippen molar-refractivity contribution in [1.82, 2.24) is 14.9 Å². The average Bonchev–Trinajstić information content (AvgIpc) is 3.62. The molecular weight excluding hydrogens is 684 g/mol. The maximum atomic E-state index is 9.41. The average molecular weight is 725 g/mol. The van der Waals surface area contributed by atoms with Crippen LogP contribution in [0.3, 0.4) is 0 Å². The molecule has 8 nitrogen and oxygen atoms in total. The molecule has 1 aliphatic rings. The van der Waals surface area contributed by atoms with E-state index < -0.39 is 0 Å². The quantitative estimate of drug-likeness (QED) is 0.120. The predicted octanol–water partition coefficient (Wildman–Crippen LogP) is 9.08. The van der Waals surface area contributed by atoms with Crippen molar-refractivity contribution in [2.75, 3.05) is 13.2 Å². The third-order valence-corrected chi connectivity index (χ3v) is 9.59. The zero-order valence-corrected chi connectivity index (χ0v) is 30.6. The molecule has 0 bridgehead atoms. The first-order valence-electron chi connectivity index (χ1n) is 17.8. The zero-order chi connectivity index (χ0) is 36.6. The highest BCUT2D eigenvalue weighted by Gasteiger charge is 2.17. The van der Waals surface area contributed by atoms with E-state index in [4.69, 9.17) is 30.5 Å². The first-order chi connectivity index (χ1) is 25.9. The number of fused-ring (bicyclic) bond motifs is 1. The van der Waals surface area contributed by atoms with Crippen molar-refractivity contribution in [3.8, 4) is 40.2 Å². The van der Waals surface area contributed by atoms with Crippen LogP contribution >= 0.6 is 11.6 Å². The Morgan fingerprint density at radius 2 is 1.64 bits per heavy atom. The zero-order valence-electron chi connectivity index (χ0n) is 29.8. The van der Waals surface area contributed by atoms with Crippen LogP contribution in [-0.2, 0) is 32.7 Å². The summed E-state index contributed by atoms with van der Waals surface area (Å²) in [7, 11) is 0. The Hall–Kier alpha value is -5.75. The SMILES string of the molecule is Cc1c(COc2cc(OCc3cccc(C#N)c3)c(CN[C@@H](C)Cc3cn(Cc4ccccc4)cn3)cc2Cl)cccc1-c1ccc2c(c1)OCCO2. The van der Waals surface area contributed by atoms with E-state index in [2.05, 4.69) is 83.4 Å². The lowest BCUT2D eigenvalue weighted by atomic mass is 9.96. The molecule has 6 aromatic rings. The van der Waals surface area contributed by atoms with Crippen molar-refractivity contribution in [2.24, 2.45) is 0 Å². The van der Waals surface area contributed by atoms with Crippen LogP contribution < -0.4 is 24.3 Å². The fourth-order valence-corrected chi connectivity index (χ4v) is 6.67. The van der Waals surface area contributed by atoms with Gasteiger partial charge >= 0.3 is 0 Å². The molecule has 0 aliphatic carbocycles. The van der Waals surface area contributed by atoms with Crippen LogP contribution in [0.5, 0.6) is 23.0 Å². The van der Waals surface area contributed by atoms with Gasteiger partial charge in [-0.25, -0.2) is 4.98 Å². The van der Waals surface area contributed by atoms with E-state index >= 15 is 0 Å². The van der Waals surface area contributed by atoms with Crippen molar-refractivity contribution in [1.29, 1.82) is 5.26 Å². The first-order valence-corrected chi connectivity index (χ1v) is 18.1. The van der Waals surface area contributed by atoms with Crippen LogP contribution in [-0.4, -0.2) is 28.8 Å². The number of aromatic nitrogens is 2. The number of nitriles is 1. The van der Waals surface area contributed by atoms with Crippen LogP contribution in [0.15, 0.2) is 116 Å². The second kappa shape index (κ2) is 16.7. The summed E-state index contributed by atoms with van der Waals surface area (Å²) in [4.78, 5) is 4.65. The molecular formula is C44H41ClN4O4. The largest absolute Gasteiger partial charge is 0.488 e. The fraction of sp³-hybridized carbons (Fsp3) is 0.227. The summed E-state index contributed by atoms with van der Waals surface area (Å²) < 4.78 is 26.5. The van der Waals surface area contributed by atoms with E-state index in [0.29, 0.717) is 48.5 Å². The van der Waals surface area contributed by atoms with Gasteiger partial charge in [0.25, 0.3) is 0 Å². The van der Waals surface area contributed by atoms with Crippen LogP contribution in [0.4, 0.5) is 0 Å². The smallest absolute Gasteiger partial charge is 0.161 e. The minimum absolute atomic E-state index is 0.134. The molecule has 0 unspecified atom stereocenters. The van der Waals surface area contributed by atoms with Gasteiger partial charge in [0.2, 0.25) is 0 Å². The van der Waals surface area contributed by atoms with Crippen molar-refractivity contribution in [3.63, 3.8) is 0 Å². The standard InChI is InChI=1S/C44H41ClN4O4/c1-30(18-38-26-49(29-48-38)25-32-8-4-3-5-9-32)47-24-37-20-40(45)43(22-42(37)52-27-34-11-6-10-33(19-34)23-46)53-28-36-12-7-13-39(31(36)2)35-14-15-41-44(21-35)51-17-16-50-41/h3-15,19-22,26,29-30,47H,16-18,24-25,27-28H2,1-2H3/t30-/m0/s1. The second-order valence-corrected chi connectivity index (χ2v) is 13.6. The number of imidazole rings is 1.